The van der Waals surface area contributed by atoms with E-state index >= 15 is 0 Å². The highest BCUT2D eigenvalue weighted by atomic mass is 32.1. The molecule has 0 saturated carbocycles. The topological polar surface area (TPSA) is 50.4 Å². The Bertz CT molecular complexity index is 449. The molecule has 2 N–H and O–H groups in total. The number of anilines is 1. The van der Waals surface area contributed by atoms with Gasteiger partial charge in [0.05, 0.1) is 12.3 Å². The SMILES string of the molecule is CCCCCC(=O)NC(=S)Nc1ccccc1OCC. The van der Waals surface area contributed by atoms with Gasteiger partial charge in [-0.25, -0.2) is 0 Å². The molecule has 0 spiro atoms. The number of thiocarbonyl (C=S) groups is 1. The number of benzene rings is 1. The maximum Gasteiger partial charge on any atom is 0.226 e. The summed E-state index contributed by atoms with van der Waals surface area (Å²) in [6, 6.07) is 7.50. The number of amides is 1. The molecule has 1 aromatic carbocycles. The van der Waals surface area contributed by atoms with Crippen molar-refractivity contribution in [1.29, 1.82) is 0 Å². The van der Waals surface area contributed by atoms with E-state index in [4.69, 9.17) is 17.0 Å². The van der Waals surface area contributed by atoms with Crippen molar-refractivity contribution in [2.24, 2.45) is 0 Å². The monoisotopic (exact) mass is 294 g/mol. The van der Waals surface area contributed by atoms with Gasteiger partial charge in [-0.05, 0) is 37.7 Å². The molecule has 0 aliphatic heterocycles. The number of nitrogens with one attached hydrogen (secondary N) is 2. The van der Waals surface area contributed by atoms with E-state index in [0.717, 1.165) is 30.7 Å². The summed E-state index contributed by atoms with van der Waals surface area (Å²) in [4.78, 5) is 11.7. The number of carbonyl (C=O) groups excluding carboxylic acids is 1. The number of hydrogen-bond acceptors (Lipinski definition) is 3. The molecule has 0 fully saturated rings. The summed E-state index contributed by atoms with van der Waals surface area (Å²) in [7, 11) is 0. The lowest BCUT2D eigenvalue weighted by atomic mass is 10.2. The molecule has 0 aliphatic carbocycles. The molecule has 1 rings (SSSR count). The number of rotatable bonds is 7. The second kappa shape index (κ2) is 9.31. The zero-order valence-electron chi connectivity index (χ0n) is 12.1. The van der Waals surface area contributed by atoms with E-state index in [1.165, 1.54) is 0 Å². The molecule has 0 atom stereocenters. The fourth-order valence-electron chi connectivity index (χ4n) is 1.73. The van der Waals surface area contributed by atoms with Crippen LogP contribution in [-0.2, 0) is 4.79 Å². The van der Waals surface area contributed by atoms with E-state index in [-0.39, 0.29) is 5.91 Å². The van der Waals surface area contributed by atoms with Gasteiger partial charge >= 0.3 is 0 Å². The Kier molecular flexibility index (Phi) is 7.65. The van der Waals surface area contributed by atoms with Crippen molar-refractivity contribution < 1.29 is 9.53 Å². The number of para-hydroxylation sites is 2. The van der Waals surface area contributed by atoms with Crippen LogP contribution in [0.4, 0.5) is 5.69 Å². The van der Waals surface area contributed by atoms with Gasteiger partial charge in [-0.15, -0.1) is 0 Å². The molecule has 1 amide bonds. The van der Waals surface area contributed by atoms with Crippen molar-refractivity contribution >= 4 is 28.9 Å². The molecule has 0 unspecified atom stereocenters. The van der Waals surface area contributed by atoms with Crippen molar-refractivity contribution in [3.63, 3.8) is 0 Å². The molecule has 20 heavy (non-hydrogen) atoms. The highest BCUT2D eigenvalue weighted by Crippen LogP contribution is 2.23. The minimum absolute atomic E-state index is 0.0511. The van der Waals surface area contributed by atoms with Crippen molar-refractivity contribution in [3.05, 3.63) is 24.3 Å². The molecule has 0 heterocycles. The minimum Gasteiger partial charge on any atom is -0.492 e. The smallest absolute Gasteiger partial charge is 0.226 e. The highest BCUT2D eigenvalue weighted by Gasteiger charge is 2.07. The van der Waals surface area contributed by atoms with Gasteiger partial charge < -0.3 is 15.4 Å². The maximum absolute atomic E-state index is 11.7. The van der Waals surface area contributed by atoms with Crippen LogP contribution in [-0.4, -0.2) is 17.6 Å². The lowest BCUT2D eigenvalue weighted by molar-refractivity contribution is -0.119. The summed E-state index contributed by atoms with van der Waals surface area (Å²) in [5.74, 6) is 0.669. The summed E-state index contributed by atoms with van der Waals surface area (Å²) >= 11 is 5.14. The molecule has 0 saturated heterocycles. The lowest BCUT2D eigenvalue weighted by Gasteiger charge is -2.13. The Morgan fingerprint density at radius 2 is 2.00 bits per heavy atom. The van der Waals surface area contributed by atoms with Gasteiger partial charge in [0.1, 0.15) is 5.75 Å². The van der Waals surface area contributed by atoms with E-state index < -0.39 is 0 Å². The van der Waals surface area contributed by atoms with Crippen LogP contribution in [0, 0.1) is 0 Å². The molecule has 1 aromatic rings. The first-order chi connectivity index (χ1) is 9.67. The predicted octanol–water partition coefficient (Wildman–Crippen LogP) is 3.48. The average molecular weight is 294 g/mol. The van der Waals surface area contributed by atoms with Crippen LogP contribution >= 0.6 is 12.2 Å². The van der Waals surface area contributed by atoms with Crippen molar-refractivity contribution in [1.82, 2.24) is 5.32 Å². The van der Waals surface area contributed by atoms with E-state index in [9.17, 15) is 4.79 Å². The van der Waals surface area contributed by atoms with Crippen LogP contribution in [0.2, 0.25) is 0 Å². The quantitative estimate of drug-likeness (QED) is 0.597. The predicted molar refractivity (Wildman–Crippen MR) is 86.1 cm³/mol. The largest absolute Gasteiger partial charge is 0.492 e. The number of hydrogen-bond donors (Lipinski definition) is 2. The molecular formula is C15H22N2O2S. The van der Waals surface area contributed by atoms with Gasteiger partial charge in [0.15, 0.2) is 5.11 Å². The third kappa shape index (κ3) is 6.02. The maximum atomic E-state index is 11.7. The molecule has 5 heteroatoms. The van der Waals surface area contributed by atoms with Gasteiger partial charge in [-0.3, -0.25) is 4.79 Å². The Morgan fingerprint density at radius 1 is 1.25 bits per heavy atom. The highest BCUT2D eigenvalue weighted by molar-refractivity contribution is 7.80. The summed E-state index contributed by atoms with van der Waals surface area (Å²) in [6.07, 6.45) is 3.54. The Hall–Kier alpha value is -1.62. The number of carbonyl (C=O) groups is 1. The van der Waals surface area contributed by atoms with Crippen LogP contribution in [0.25, 0.3) is 0 Å². The van der Waals surface area contributed by atoms with Gasteiger partial charge in [0, 0.05) is 6.42 Å². The lowest BCUT2D eigenvalue weighted by Crippen LogP contribution is -2.34. The van der Waals surface area contributed by atoms with Crippen LogP contribution in [0.3, 0.4) is 0 Å². The zero-order valence-corrected chi connectivity index (χ0v) is 12.9. The van der Waals surface area contributed by atoms with Gasteiger partial charge in [0.2, 0.25) is 5.91 Å². The van der Waals surface area contributed by atoms with Gasteiger partial charge in [-0.1, -0.05) is 31.9 Å². The first-order valence-corrected chi connectivity index (χ1v) is 7.40. The second-order valence-electron chi connectivity index (χ2n) is 4.39. The van der Waals surface area contributed by atoms with Crippen molar-refractivity contribution in [2.45, 2.75) is 39.5 Å². The van der Waals surface area contributed by atoms with E-state index in [2.05, 4.69) is 17.6 Å². The fraction of sp³-hybridized carbons (Fsp3) is 0.467. The van der Waals surface area contributed by atoms with E-state index in [0.29, 0.717) is 18.1 Å². The minimum atomic E-state index is -0.0511. The third-order valence-electron chi connectivity index (χ3n) is 2.70. The Morgan fingerprint density at radius 3 is 2.70 bits per heavy atom. The fourth-order valence-corrected chi connectivity index (χ4v) is 1.95. The molecule has 110 valence electrons. The molecule has 0 radical (unpaired) electrons. The number of unbranched alkanes of at least 4 members (excludes halogenated alkanes) is 2. The average Bonchev–Trinajstić information content (AvgIpc) is 2.41. The van der Waals surface area contributed by atoms with Crippen molar-refractivity contribution in [2.75, 3.05) is 11.9 Å². The third-order valence-corrected chi connectivity index (χ3v) is 2.90. The first-order valence-electron chi connectivity index (χ1n) is 7.00. The standard InChI is InChI=1S/C15H22N2O2S/c1-3-5-6-11-14(18)17-15(20)16-12-9-7-8-10-13(12)19-4-2/h7-10H,3-6,11H2,1-2H3,(H2,16,17,18,20). The summed E-state index contributed by atoms with van der Waals surface area (Å²) in [6.45, 7) is 4.61. The second-order valence-corrected chi connectivity index (χ2v) is 4.80. The van der Waals surface area contributed by atoms with E-state index in [1.54, 1.807) is 0 Å². The molecular weight excluding hydrogens is 272 g/mol. The van der Waals surface area contributed by atoms with Crippen LogP contribution in [0.1, 0.15) is 39.5 Å². The summed E-state index contributed by atoms with van der Waals surface area (Å²) < 4.78 is 5.49. The summed E-state index contributed by atoms with van der Waals surface area (Å²) in [5.41, 5.74) is 0.758. The normalized spacial score (nSPS) is 9.90. The summed E-state index contributed by atoms with van der Waals surface area (Å²) in [5, 5.41) is 5.98. The molecule has 0 aliphatic rings. The van der Waals surface area contributed by atoms with Gasteiger partial charge in [-0.2, -0.15) is 0 Å². The zero-order chi connectivity index (χ0) is 14.8. The van der Waals surface area contributed by atoms with Crippen LogP contribution in [0.15, 0.2) is 24.3 Å². The first kappa shape index (κ1) is 16.4. The number of ether oxygens (including phenoxy) is 1. The Labute approximate surface area is 125 Å². The van der Waals surface area contributed by atoms with Crippen LogP contribution < -0.4 is 15.4 Å². The Balaban J connectivity index is 2.47. The van der Waals surface area contributed by atoms with Gasteiger partial charge in [0.25, 0.3) is 0 Å². The van der Waals surface area contributed by atoms with E-state index in [1.807, 2.05) is 31.2 Å². The molecule has 0 aromatic heterocycles. The van der Waals surface area contributed by atoms with Crippen molar-refractivity contribution in [3.8, 4) is 5.75 Å². The molecule has 0 bridgehead atoms. The molecule has 4 nitrogen and oxygen atoms in total. The van der Waals surface area contributed by atoms with Crippen LogP contribution in [0.5, 0.6) is 5.75 Å².